The topological polar surface area (TPSA) is 132 Å². The molecule has 0 unspecified atom stereocenters. The number of nitrogens with zero attached hydrogens (tertiary/aromatic N) is 3. The van der Waals surface area contributed by atoms with Gasteiger partial charge in [-0.1, -0.05) is 12.1 Å². The molecule has 0 atom stereocenters. The number of esters is 4. The van der Waals surface area contributed by atoms with Gasteiger partial charge in [-0.3, -0.25) is 33.9 Å². The molecule has 0 spiro atoms. The van der Waals surface area contributed by atoms with E-state index in [4.69, 9.17) is 15.2 Å². The summed E-state index contributed by atoms with van der Waals surface area (Å²) in [6.45, 7) is 2.39. The Balaban J connectivity index is 1.99. The van der Waals surface area contributed by atoms with Crippen LogP contribution in [0.1, 0.15) is 5.56 Å². The van der Waals surface area contributed by atoms with Crippen LogP contribution in [0.2, 0.25) is 0 Å². The number of morpholine rings is 1. The minimum Gasteiger partial charge on any atom is -0.468 e. The lowest BCUT2D eigenvalue weighted by Gasteiger charge is -2.29. The average molecular weight is 450 g/mol. The molecule has 32 heavy (non-hydrogen) atoms. The normalized spacial score (nSPS) is 14.5. The summed E-state index contributed by atoms with van der Waals surface area (Å²) in [6, 6.07) is 7.36. The molecule has 1 aliphatic heterocycles. The SMILES string of the molecule is COC(=O)CN(CCN1CC(=O)OC(=O)C1)CCN(CC(=O)OC)Cc1ccc(N)cc1. The molecule has 2 rings (SSSR count). The molecule has 0 bridgehead atoms. The van der Waals surface area contributed by atoms with Crippen molar-refractivity contribution in [2.45, 2.75) is 6.54 Å². The van der Waals surface area contributed by atoms with Crippen LogP contribution in [-0.2, 0) is 39.9 Å². The predicted octanol–water partition coefficient (Wildman–Crippen LogP) is -0.896. The number of ether oxygens (including phenoxy) is 3. The van der Waals surface area contributed by atoms with Gasteiger partial charge in [0.1, 0.15) is 0 Å². The van der Waals surface area contributed by atoms with Crippen LogP contribution in [0, 0.1) is 0 Å². The minimum absolute atomic E-state index is 0.0173. The van der Waals surface area contributed by atoms with Crippen LogP contribution in [0.5, 0.6) is 0 Å². The van der Waals surface area contributed by atoms with Crippen molar-refractivity contribution in [2.24, 2.45) is 0 Å². The van der Waals surface area contributed by atoms with Crippen molar-refractivity contribution in [3.8, 4) is 0 Å². The predicted molar refractivity (Wildman–Crippen MR) is 114 cm³/mol. The molecule has 11 heteroatoms. The van der Waals surface area contributed by atoms with Crippen molar-refractivity contribution in [1.82, 2.24) is 14.7 Å². The molecule has 176 valence electrons. The third-order valence-corrected chi connectivity index (χ3v) is 4.94. The summed E-state index contributed by atoms with van der Waals surface area (Å²) in [7, 11) is 2.64. The Hall–Kier alpha value is -3.02. The summed E-state index contributed by atoms with van der Waals surface area (Å²) in [5, 5.41) is 0. The lowest BCUT2D eigenvalue weighted by atomic mass is 10.2. The van der Waals surface area contributed by atoms with E-state index in [0.717, 1.165) is 5.56 Å². The van der Waals surface area contributed by atoms with Crippen LogP contribution in [0.4, 0.5) is 5.69 Å². The first-order valence-corrected chi connectivity index (χ1v) is 10.2. The number of nitrogens with two attached hydrogens (primary N) is 1. The molecule has 0 saturated carbocycles. The highest BCUT2D eigenvalue weighted by Crippen LogP contribution is 2.09. The lowest BCUT2D eigenvalue weighted by molar-refractivity contribution is -0.167. The van der Waals surface area contributed by atoms with Crippen molar-refractivity contribution in [3.05, 3.63) is 29.8 Å². The number of hydrogen-bond donors (Lipinski definition) is 1. The van der Waals surface area contributed by atoms with E-state index < -0.39 is 17.9 Å². The number of benzene rings is 1. The Labute approximate surface area is 187 Å². The number of nitrogen functional groups attached to an aromatic ring is 1. The van der Waals surface area contributed by atoms with E-state index in [9.17, 15) is 19.2 Å². The Morgan fingerprint density at radius 3 is 2.03 bits per heavy atom. The minimum atomic E-state index is -0.589. The van der Waals surface area contributed by atoms with Gasteiger partial charge in [-0.25, -0.2) is 0 Å². The third-order valence-electron chi connectivity index (χ3n) is 4.94. The van der Waals surface area contributed by atoms with E-state index in [1.807, 2.05) is 21.9 Å². The quantitative estimate of drug-likeness (QED) is 0.184. The highest BCUT2D eigenvalue weighted by Gasteiger charge is 2.25. The van der Waals surface area contributed by atoms with Crippen LogP contribution >= 0.6 is 0 Å². The molecule has 0 aliphatic carbocycles. The van der Waals surface area contributed by atoms with Gasteiger partial charge in [-0.05, 0) is 17.7 Å². The second-order valence-electron chi connectivity index (χ2n) is 7.44. The maximum atomic E-state index is 11.9. The van der Waals surface area contributed by atoms with Crippen molar-refractivity contribution in [2.75, 3.05) is 72.3 Å². The molecule has 2 N–H and O–H groups in total. The van der Waals surface area contributed by atoms with Crippen LogP contribution in [0.25, 0.3) is 0 Å². The summed E-state index contributed by atoms with van der Waals surface area (Å²) in [6.07, 6.45) is 0. The largest absolute Gasteiger partial charge is 0.468 e. The number of cyclic esters (lactones) is 2. The summed E-state index contributed by atoms with van der Waals surface area (Å²) in [4.78, 5) is 52.1. The zero-order chi connectivity index (χ0) is 23.5. The van der Waals surface area contributed by atoms with Crippen molar-refractivity contribution in [3.63, 3.8) is 0 Å². The fourth-order valence-electron chi connectivity index (χ4n) is 3.20. The first-order chi connectivity index (χ1) is 15.3. The van der Waals surface area contributed by atoms with Crippen LogP contribution in [0.15, 0.2) is 24.3 Å². The van der Waals surface area contributed by atoms with E-state index in [-0.39, 0.29) is 32.1 Å². The summed E-state index contributed by atoms with van der Waals surface area (Å²) < 4.78 is 14.1. The molecular formula is C21H30N4O7. The van der Waals surface area contributed by atoms with Crippen molar-refractivity contribution < 1.29 is 33.4 Å². The Morgan fingerprint density at radius 1 is 0.938 bits per heavy atom. The summed E-state index contributed by atoms with van der Waals surface area (Å²) in [5.41, 5.74) is 7.37. The molecule has 0 amide bonds. The maximum Gasteiger partial charge on any atom is 0.327 e. The van der Waals surface area contributed by atoms with Gasteiger partial charge in [0.2, 0.25) is 0 Å². The van der Waals surface area contributed by atoms with Gasteiger partial charge < -0.3 is 19.9 Å². The maximum absolute atomic E-state index is 11.9. The van der Waals surface area contributed by atoms with Gasteiger partial charge in [-0.15, -0.1) is 0 Å². The molecular weight excluding hydrogens is 420 g/mol. The number of hydrogen-bond acceptors (Lipinski definition) is 11. The zero-order valence-electron chi connectivity index (χ0n) is 18.5. The molecule has 0 radical (unpaired) electrons. The molecule has 0 aromatic heterocycles. The van der Waals surface area contributed by atoms with Crippen LogP contribution < -0.4 is 5.73 Å². The first-order valence-electron chi connectivity index (χ1n) is 10.2. The molecule has 1 heterocycles. The lowest BCUT2D eigenvalue weighted by Crippen LogP contribution is -2.47. The standard InChI is InChI=1S/C21H30N4O7/c1-30-18(26)12-23(8-10-25-14-20(28)32-21(29)15-25)7-9-24(13-19(27)31-2)11-16-3-5-17(22)6-4-16/h3-6H,7-15,22H2,1-2H3. The van der Waals surface area contributed by atoms with Gasteiger partial charge in [0.05, 0.1) is 40.4 Å². The van der Waals surface area contributed by atoms with Crippen LogP contribution in [0.3, 0.4) is 0 Å². The first kappa shape index (κ1) is 25.2. The Bertz CT molecular complexity index is 784. The Morgan fingerprint density at radius 2 is 1.47 bits per heavy atom. The van der Waals surface area contributed by atoms with Gasteiger partial charge in [0.15, 0.2) is 0 Å². The molecule has 1 fully saturated rings. The van der Waals surface area contributed by atoms with Gasteiger partial charge >= 0.3 is 23.9 Å². The average Bonchev–Trinajstić information content (AvgIpc) is 2.76. The van der Waals surface area contributed by atoms with E-state index in [0.29, 0.717) is 38.4 Å². The Kier molecular flexibility index (Phi) is 10.1. The van der Waals surface area contributed by atoms with E-state index in [2.05, 4.69) is 4.74 Å². The second kappa shape index (κ2) is 12.7. The van der Waals surface area contributed by atoms with E-state index in [1.165, 1.54) is 14.2 Å². The second-order valence-corrected chi connectivity index (χ2v) is 7.44. The number of carbonyl (C=O) groups is 4. The van der Waals surface area contributed by atoms with E-state index in [1.54, 1.807) is 17.0 Å². The van der Waals surface area contributed by atoms with Crippen molar-refractivity contribution >= 4 is 29.6 Å². The molecule has 1 aliphatic rings. The molecule has 11 nitrogen and oxygen atoms in total. The number of anilines is 1. The van der Waals surface area contributed by atoms with Gasteiger partial charge in [0.25, 0.3) is 0 Å². The zero-order valence-corrected chi connectivity index (χ0v) is 18.5. The van der Waals surface area contributed by atoms with Gasteiger partial charge in [0, 0.05) is 38.4 Å². The fraction of sp³-hybridized carbons (Fsp3) is 0.524. The third kappa shape index (κ3) is 9.00. The van der Waals surface area contributed by atoms with Gasteiger partial charge in [-0.2, -0.15) is 0 Å². The molecule has 1 aromatic rings. The molecule has 1 aromatic carbocycles. The number of methoxy groups -OCH3 is 2. The monoisotopic (exact) mass is 450 g/mol. The highest BCUT2D eigenvalue weighted by molar-refractivity contribution is 5.90. The number of rotatable bonds is 12. The van der Waals surface area contributed by atoms with Crippen LogP contribution in [-0.4, -0.2) is 105 Å². The smallest absolute Gasteiger partial charge is 0.327 e. The van der Waals surface area contributed by atoms with Crippen molar-refractivity contribution in [1.29, 1.82) is 0 Å². The molecule has 1 saturated heterocycles. The summed E-state index contributed by atoms with van der Waals surface area (Å²) in [5.74, 6) is -1.95. The number of carbonyl (C=O) groups excluding carboxylic acids is 4. The highest BCUT2D eigenvalue weighted by atomic mass is 16.6. The fourth-order valence-corrected chi connectivity index (χ4v) is 3.20. The van der Waals surface area contributed by atoms with E-state index >= 15 is 0 Å². The summed E-state index contributed by atoms with van der Waals surface area (Å²) >= 11 is 0.